The molecule has 1 saturated heterocycles. The number of morpholine rings is 1. The molecule has 0 spiro atoms. The van der Waals surface area contributed by atoms with Crippen molar-refractivity contribution in [2.45, 2.75) is 56.0 Å². The van der Waals surface area contributed by atoms with Gasteiger partial charge in [0.25, 0.3) is 0 Å². The number of thioether (sulfide) groups is 1. The maximum Gasteiger partial charge on any atom is 0.233 e. The van der Waals surface area contributed by atoms with E-state index < -0.39 is 0 Å². The van der Waals surface area contributed by atoms with Gasteiger partial charge in [0.15, 0.2) is 11.0 Å². The first-order chi connectivity index (χ1) is 15.2. The highest BCUT2D eigenvalue weighted by Crippen LogP contribution is 2.31. The van der Waals surface area contributed by atoms with E-state index >= 15 is 0 Å². The Bertz CT molecular complexity index is 891. The quantitative estimate of drug-likeness (QED) is 0.436. The lowest BCUT2D eigenvalue weighted by molar-refractivity contribution is -0.146. The van der Waals surface area contributed by atoms with Crippen LogP contribution < -0.4 is 0 Å². The minimum Gasteiger partial charge on any atom is -0.385 e. The fraction of sp³-hybridized carbons (Fsp3) is 0.591. The van der Waals surface area contributed by atoms with E-state index in [1.807, 2.05) is 33.7 Å². The number of hydrogen-bond donors (Lipinski definition) is 0. The molecule has 0 bridgehead atoms. The molecule has 0 N–H and O–H groups in total. The maximum absolute atomic E-state index is 13.1. The van der Waals surface area contributed by atoms with Gasteiger partial charge in [-0.2, -0.15) is 0 Å². The van der Waals surface area contributed by atoms with Gasteiger partial charge in [-0.05, 0) is 31.4 Å². The van der Waals surface area contributed by atoms with Crippen LogP contribution in [-0.2, 0) is 20.8 Å². The van der Waals surface area contributed by atoms with Crippen molar-refractivity contribution in [3.05, 3.63) is 29.3 Å². The van der Waals surface area contributed by atoms with E-state index in [0.717, 1.165) is 42.2 Å². The van der Waals surface area contributed by atoms with E-state index in [1.165, 1.54) is 18.2 Å². The Morgan fingerprint density at radius 2 is 2.13 bits per heavy atom. The van der Waals surface area contributed by atoms with Gasteiger partial charge in [-0.25, -0.2) is 0 Å². The molecule has 1 aliphatic heterocycles. The standard InChI is InChI=1S/C22H29ClN4O3S/c1-29-13-6-11-27-21(16-7-2-3-8-17(16)23)24-25-22(27)31-15-20(28)26-12-14-30-19-10-5-4-9-18(19)26/h2-3,7-8,18-19H,4-6,9-15H2,1H3. The summed E-state index contributed by atoms with van der Waals surface area (Å²) in [5.74, 6) is 1.21. The second-order valence-electron chi connectivity index (χ2n) is 7.92. The summed E-state index contributed by atoms with van der Waals surface area (Å²) >= 11 is 7.85. The largest absolute Gasteiger partial charge is 0.385 e. The minimum atomic E-state index is 0.149. The molecule has 2 heterocycles. The lowest BCUT2D eigenvalue weighted by Crippen LogP contribution is -2.55. The van der Waals surface area contributed by atoms with Gasteiger partial charge in [0, 0.05) is 32.4 Å². The fourth-order valence-corrected chi connectivity index (χ4v) is 5.49. The van der Waals surface area contributed by atoms with Crippen molar-refractivity contribution in [2.24, 2.45) is 0 Å². The number of aromatic nitrogens is 3. The van der Waals surface area contributed by atoms with Crippen LogP contribution in [0.15, 0.2) is 29.4 Å². The number of carbonyl (C=O) groups is 1. The molecule has 1 amide bonds. The lowest BCUT2D eigenvalue weighted by atomic mass is 9.90. The van der Waals surface area contributed by atoms with Crippen LogP contribution in [0.25, 0.3) is 11.4 Å². The molecule has 0 radical (unpaired) electrons. The summed E-state index contributed by atoms with van der Waals surface area (Å²) in [5.41, 5.74) is 0.838. The number of nitrogens with zero attached hydrogens (tertiary/aromatic N) is 4. The number of ether oxygens (including phenoxy) is 2. The number of methoxy groups -OCH3 is 1. The third kappa shape index (κ3) is 5.25. The van der Waals surface area contributed by atoms with Crippen LogP contribution in [0.4, 0.5) is 0 Å². The van der Waals surface area contributed by atoms with Crippen molar-refractivity contribution in [3.8, 4) is 11.4 Å². The SMILES string of the molecule is COCCCn1c(SCC(=O)N2CCOC3CCCCC32)nnc1-c1ccccc1Cl. The summed E-state index contributed by atoms with van der Waals surface area (Å²) in [4.78, 5) is 15.1. The van der Waals surface area contributed by atoms with Gasteiger partial charge in [0.05, 0.1) is 29.5 Å². The number of fused-ring (bicyclic) bond motifs is 1. The Morgan fingerprint density at radius 3 is 2.97 bits per heavy atom. The third-order valence-electron chi connectivity index (χ3n) is 5.94. The molecule has 1 saturated carbocycles. The van der Waals surface area contributed by atoms with Crippen LogP contribution in [-0.4, -0.2) is 70.3 Å². The predicted octanol–water partition coefficient (Wildman–Crippen LogP) is 3.90. The first kappa shape index (κ1) is 22.6. The van der Waals surface area contributed by atoms with Gasteiger partial charge in [-0.1, -0.05) is 48.3 Å². The Kier molecular flexibility index (Phi) is 7.87. The molecule has 168 valence electrons. The van der Waals surface area contributed by atoms with E-state index in [1.54, 1.807) is 7.11 Å². The number of hydrogen-bond acceptors (Lipinski definition) is 6. The molecule has 2 aromatic rings. The molecule has 7 nitrogen and oxygen atoms in total. The summed E-state index contributed by atoms with van der Waals surface area (Å²) < 4.78 is 13.2. The minimum absolute atomic E-state index is 0.149. The summed E-state index contributed by atoms with van der Waals surface area (Å²) in [7, 11) is 1.69. The molecule has 1 aromatic heterocycles. The maximum atomic E-state index is 13.1. The zero-order chi connectivity index (χ0) is 21.6. The smallest absolute Gasteiger partial charge is 0.233 e. The van der Waals surface area contributed by atoms with Gasteiger partial charge in [0.1, 0.15) is 0 Å². The highest BCUT2D eigenvalue weighted by atomic mass is 35.5. The number of amides is 1. The summed E-state index contributed by atoms with van der Waals surface area (Å²) in [5, 5.41) is 10.2. The fourth-order valence-electron chi connectivity index (χ4n) is 4.42. The Morgan fingerprint density at radius 1 is 1.29 bits per heavy atom. The molecule has 4 rings (SSSR count). The summed E-state index contributed by atoms with van der Waals surface area (Å²) in [6, 6.07) is 7.84. The highest BCUT2D eigenvalue weighted by Gasteiger charge is 2.36. The molecule has 9 heteroatoms. The number of halogens is 1. The second-order valence-corrected chi connectivity index (χ2v) is 9.27. The van der Waals surface area contributed by atoms with Crippen molar-refractivity contribution in [1.82, 2.24) is 19.7 Å². The van der Waals surface area contributed by atoms with Gasteiger partial charge >= 0.3 is 0 Å². The molecule has 2 atom stereocenters. The molecule has 1 aliphatic carbocycles. The van der Waals surface area contributed by atoms with Crippen LogP contribution in [0.1, 0.15) is 32.1 Å². The number of rotatable bonds is 8. The normalized spacial score (nSPS) is 21.2. The van der Waals surface area contributed by atoms with E-state index in [0.29, 0.717) is 37.1 Å². The highest BCUT2D eigenvalue weighted by molar-refractivity contribution is 7.99. The van der Waals surface area contributed by atoms with Crippen LogP contribution in [0.3, 0.4) is 0 Å². The van der Waals surface area contributed by atoms with Crippen LogP contribution in [0.2, 0.25) is 5.02 Å². The summed E-state index contributed by atoms with van der Waals surface area (Å²) in [6.45, 7) is 2.63. The van der Waals surface area contributed by atoms with Crippen molar-refractivity contribution in [3.63, 3.8) is 0 Å². The lowest BCUT2D eigenvalue weighted by Gasteiger charge is -2.43. The zero-order valence-corrected chi connectivity index (χ0v) is 19.4. The Balaban J connectivity index is 1.48. The van der Waals surface area contributed by atoms with Gasteiger partial charge in [-0.15, -0.1) is 10.2 Å². The Hall–Kier alpha value is -1.61. The molecular weight excluding hydrogens is 436 g/mol. The van der Waals surface area contributed by atoms with Crippen LogP contribution in [0.5, 0.6) is 0 Å². The second kappa shape index (κ2) is 10.8. The molecule has 1 aromatic carbocycles. The van der Waals surface area contributed by atoms with Gasteiger partial charge < -0.3 is 18.9 Å². The van der Waals surface area contributed by atoms with Crippen molar-refractivity contribution >= 4 is 29.3 Å². The van der Waals surface area contributed by atoms with Crippen molar-refractivity contribution < 1.29 is 14.3 Å². The van der Waals surface area contributed by atoms with Crippen LogP contribution >= 0.6 is 23.4 Å². The zero-order valence-electron chi connectivity index (χ0n) is 17.8. The van der Waals surface area contributed by atoms with Gasteiger partial charge in [0.2, 0.25) is 5.91 Å². The molecule has 2 fully saturated rings. The van der Waals surface area contributed by atoms with Crippen molar-refractivity contribution in [2.75, 3.05) is 32.6 Å². The average molecular weight is 465 g/mol. The van der Waals surface area contributed by atoms with Crippen molar-refractivity contribution in [1.29, 1.82) is 0 Å². The topological polar surface area (TPSA) is 69.5 Å². The van der Waals surface area contributed by atoms with Gasteiger partial charge in [-0.3, -0.25) is 4.79 Å². The van der Waals surface area contributed by atoms with E-state index in [9.17, 15) is 4.79 Å². The number of benzene rings is 1. The Labute approximate surface area is 192 Å². The molecular formula is C22H29ClN4O3S. The molecule has 2 aliphatic rings. The average Bonchev–Trinajstić information content (AvgIpc) is 3.20. The van der Waals surface area contributed by atoms with E-state index in [-0.39, 0.29) is 18.1 Å². The molecule has 31 heavy (non-hydrogen) atoms. The monoisotopic (exact) mass is 464 g/mol. The van der Waals surface area contributed by atoms with Crippen LogP contribution in [0, 0.1) is 0 Å². The first-order valence-corrected chi connectivity index (χ1v) is 12.3. The summed E-state index contributed by atoms with van der Waals surface area (Å²) in [6.07, 6.45) is 5.45. The molecule has 2 unspecified atom stereocenters. The number of carbonyl (C=O) groups excluding carboxylic acids is 1. The first-order valence-electron chi connectivity index (χ1n) is 10.9. The predicted molar refractivity (Wildman–Crippen MR) is 121 cm³/mol. The van der Waals surface area contributed by atoms with E-state index in [4.69, 9.17) is 21.1 Å². The third-order valence-corrected chi connectivity index (χ3v) is 7.22. The van der Waals surface area contributed by atoms with E-state index in [2.05, 4.69) is 10.2 Å².